The van der Waals surface area contributed by atoms with E-state index in [4.69, 9.17) is 0 Å². The summed E-state index contributed by atoms with van der Waals surface area (Å²) in [5, 5.41) is 0. The van der Waals surface area contributed by atoms with Gasteiger partial charge < -0.3 is 0 Å². The number of rotatable bonds is 10. The van der Waals surface area contributed by atoms with Gasteiger partial charge in [0.1, 0.15) is 0 Å². The lowest BCUT2D eigenvalue weighted by Crippen LogP contribution is -1.98. The highest BCUT2D eigenvalue weighted by Gasteiger charge is 2.27. The molecule has 1 atom stereocenters. The van der Waals surface area contributed by atoms with Gasteiger partial charge in [-0.1, -0.05) is 101 Å². The Morgan fingerprint density at radius 1 is 0.680 bits per heavy atom. The van der Waals surface area contributed by atoms with Gasteiger partial charge in [0.05, 0.1) is 0 Å². The fourth-order valence-electron chi connectivity index (χ4n) is 4.36. The molecule has 0 fully saturated rings. The standard InChI is InChI=1S/C25H34/c1-3-5-7-9-13-20-17-18-24-22-16-12-11-15-21(22)23(25(24)19-20)14-10-8-6-4-2/h11-12,15-19,23H,3-10,13-14H2,1-2H3. The average molecular weight is 335 g/mol. The van der Waals surface area contributed by atoms with Gasteiger partial charge >= 0.3 is 0 Å². The van der Waals surface area contributed by atoms with Gasteiger partial charge in [0.15, 0.2) is 0 Å². The number of hydrogen-bond acceptors (Lipinski definition) is 0. The quantitative estimate of drug-likeness (QED) is 0.387. The van der Waals surface area contributed by atoms with Gasteiger partial charge in [0, 0.05) is 5.92 Å². The molecule has 3 rings (SSSR count). The molecule has 1 unspecified atom stereocenters. The van der Waals surface area contributed by atoms with Crippen molar-refractivity contribution in [2.75, 3.05) is 0 Å². The van der Waals surface area contributed by atoms with Crippen molar-refractivity contribution in [2.24, 2.45) is 0 Å². The highest BCUT2D eigenvalue weighted by atomic mass is 14.3. The summed E-state index contributed by atoms with van der Waals surface area (Å²) in [6, 6.07) is 16.4. The van der Waals surface area contributed by atoms with Gasteiger partial charge in [-0.15, -0.1) is 0 Å². The Kier molecular flexibility index (Phi) is 6.73. The summed E-state index contributed by atoms with van der Waals surface area (Å²) < 4.78 is 0. The third-order valence-electron chi connectivity index (χ3n) is 5.78. The zero-order chi connectivity index (χ0) is 17.5. The Morgan fingerprint density at radius 3 is 2.20 bits per heavy atom. The minimum absolute atomic E-state index is 0.624. The predicted octanol–water partition coefficient (Wildman–Crippen LogP) is 7.89. The maximum atomic E-state index is 2.53. The van der Waals surface area contributed by atoms with Crippen LogP contribution in [0.25, 0.3) is 11.1 Å². The van der Waals surface area contributed by atoms with Crippen LogP contribution in [-0.2, 0) is 6.42 Å². The first kappa shape index (κ1) is 18.2. The van der Waals surface area contributed by atoms with E-state index >= 15 is 0 Å². The second-order valence-electron chi connectivity index (χ2n) is 7.72. The SMILES string of the molecule is CCCCCCc1ccc2c(c1)C(CCCCCC)c1ccccc1-2. The number of aryl methyl sites for hydroxylation is 1. The summed E-state index contributed by atoms with van der Waals surface area (Å²) in [4.78, 5) is 0. The van der Waals surface area contributed by atoms with E-state index in [1.807, 2.05) is 0 Å². The number of unbranched alkanes of at least 4 members (excludes halogenated alkanes) is 6. The van der Waals surface area contributed by atoms with E-state index in [-0.39, 0.29) is 0 Å². The maximum absolute atomic E-state index is 2.53. The molecule has 1 aliphatic carbocycles. The minimum Gasteiger partial charge on any atom is -0.0654 e. The molecule has 0 saturated heterocycles. The number of hydrogen-bond donors (Lipinski definition) is 0. The van der Waals surface area contributed by atoms with Crippen LogP contribution in [0.15, 0.2) is 42.5 Å². The van der Waals surface area contributed by atoms with Crippen LogP contribution in [0.2, 0.25) is 0 Å². The van der Waals surface area contributed by atoms with Gasteiger partial charge in [0.25, 0.3) is 0 Å². The minimum atomic E-state index is 0.624. The summed E-state index contributed by atoms with van der Waals surface area (Å²) in [5.74, 6) is 0.624. The van der Waals surface area contributed by atoms with E-state index in [0.29, 0.717) is 5.92 Å². The molecule has 2 aromatic rings. The van der Waals surface area contributed by atoms with Crippen molar-refractivity contribution in [2.45, 2.75) is 84.0 Å². The van der Waals surface area contributed by atoms with Gasteiger partial charge in [0.2, 0.25) is 0 Å². The zero-order valence-electron chi connectivity index (χ0n) is 16.2. The van der Waals surface area contributed by atoms with Crippen molar-refractivity contribution in [1.82, 2.24) is 0 Å². The Labute approximate surface area is 154 Å². The van der Waals surface area contributed by atoms with Crippen molar-refractivity contribution in [1.29, 1.82) is 0 Å². The lowest BCUT2D eigenvalue weighted by Gasteiger charge is -2.14. The fourth-order valence-corrected chi connectivity index (χ4v) is 4.36. The predicted molar refractivity (Wildman–Crippen MR) is 110 cm³/mol. The third-order valence-corrected chi connectivity index (χ3v) is 5.78. The van der Waals surface area contributed by atoms with E-state index < -0.39 is 0 Å². The van der Waals surface area contributed by atoms with Crippen molar-refractivity contribution < 1.29 is 0 Å². The molecule has 0 spiro atoms. The smallest absolute Gasteiger partial charge is 0.0102 e. The second kappa shape index (κ2) is 9.22. The molecule has 0 nitrogen and oxygen atoms in total. The molecule has 0 radical (unpaired) electrons. The van der Waals surface area contributed by atoms with Crippen LogP contribution < -0.4 is 0 Å². The molecule has 134 valence electrons. The molecule has 0 heterocycles. The van der Waals surface area contributed by atoms with Crippen LogP contribution in [0.3, 0.4) is 0 Å². The zero-order valence-corrected chi connectivity index (χ0v) is 16.2. The van der Waals surface area contributed by atoms with E-state index in [0.717, 1.165) is 0 Å². The second-order valence-corrected chi connectivity index (χ2v) is 7.72. The molecule has 25 heavy (non-hydrogen) atoms. The molecule has 0 N–H and O–H groups in total. The van der Waals surface area contributed by atoms with Gasteiger partial charge in [-0.05, 0) is 47.1 Å². The first-order valence-corrected chi connectivity index (χ1v) is 10.6. The first-order valence-electron chi connectivity index (χ1n) is 10.6. The maximum Gasteiger partial charge on any atom is 0.0102 e. The largest absolute Gasteiger partial charge is 0.0654 e. The van der Waals surface area contributed by atoms with Crippen molar-refractivity contribution in [3.8, 4) is 11.1 Å². The molecule has 0 aromatic heterocycles. The number of fused-ring (bicyclic) bond motifs is 3. The van der Waals surface area contributed by atoms with Crippen molar-refractivity contribution in [3.05, 3.63) is 59.2 Å². The van der Waals surface area contributed by atoms with E-state index in [1.165, 1.54) is 75.3 Å². The van der Waals surface area contributed by atoms with Gasteiger partial charge in [-0.2, -0.15) is 0 Å². The van der Waals surface area contributed by atoms with Crippen LogP contribution in [0.4, 0.5) is 0 Å². The van der Waals surface area contributed by atoms with E-state index in [2.05, 4.69) is 56.3 Å². The first-order chi connectivity index (χ1) is 12.3. The van der Waals surface area contributed by atoms with Crippen LogP contribution in [0.5, 0.6) is 0 Å². The molecular weight excluding hydrogens is 300 g/mol. The average Bonchev–Trinajstić information content (AvgIpc) is 2.96. The monoisotopic (exact) mass is 334 g/mol. The molecular formula is C25H34. The molecule has 2 aromatic carbocycles. The van der Waals surface area contributed by atoms with E-state index in [9.17, 15) is 0 Å². The van der Waals surface area contributed by atoms with Crippen molar-refractivity contribution >= 4 is 0 Å². The summed E-state index contributed by atoms with van der Waals surface area (Å²) in [6.07, 6.45) is 13.4. The third kappa shape index (κ3) is 4.35. The summed E-state index contributed by atoms with van der Waals surface area (Å²) in [5.41, 5.74) is 7.69. The van der Waals surface area contributed by atoms with Gasteiger partial charge in [-0.25, -0.2) is 0 Å². The Hall–Kier alpha value is -1.56. The van der Waals surface area contributed by atoms with Gasteiger partial charge in [-0.3, -0.25) is 0 Å². The normalized spacial score (nSPS) is 15.2. The fraction of sp³-hybridized carbons (Fsp3) is 0.520. The lowest BCUT2D eigenvalue weighted by atomic mass is 9.90. The number of benzene rings is 2. The Morgan fingerprint density at radius 2 is 1.40 bits per heavy atom. The summed E-state index contributed by atoms with van der Waals surface area (Å²) in [7, 11) is 0. The highest BCUT2D eigenvalue weighted by Crippen LogP contribution is 2.47. The lowest BCUT2D eigenvalue weighted by molar-refractivity contribution is 0.601. The highest BCUT2D eigenvalue weighted by molar-refractivity contribution is 5.79. The molecule has 0 bridgehead atoms. The molecule has 0 amide bonds. The molecule has 0 heteroatoms. The van der Waals surface area contributed by atoms with E-state index in [1.54, 1.807) is 16.7 Å². The topological polar surface area (TPSA) is 0 Å². The molecule has 0 saturated carbocycles. The van der Waals surface area contributed by atoms with Crippen LogP contribution in [0, 0.1) is 0 Å². The van der Waals surface area contributed by atoms with Crippen LogP contribution >= 0.6 is 0 Å². The molecule has 1 aliphatic rings. The summed E-state index contributed by atoms with van der Waals surface area (Å²) >= 11 is 0. The van der Waals surface area contributed by atoms with Crippen molar-refractivity contribution in [3.63, 3.8) is 0 Å². The Balaban J connectivity index is 1.77. The summed E-state index contributed by atoms with van der Waals surface area (Å²) in [6.45, 7) is 4.58. The van der Waals surface area contributed by atoms with Crippen LogP contribution in [-0.4, -0.2) is 0 Å². The Bertz CT molecular complexity index is 667. The molecule has 0 aliphatic heterocycles. The van der Waals surface area contributed by atoms with Crippen LogP contribution in [0.1, 0.15) is 94.2 Å².